The van der Waals surface area contributed by atoms with Crippen molar-refractivity contribution in [2.24, 2.45) is 0 Å². The molecule has 1 aliphatic heterocycles. The Bertz CT molecular complexity index is 836. The maximum Gasteiger partial charge on any atom is 0.298 e. The van der Waals surface area contributed by atoms with Gasteiger partial charge in [0, 0.05) is 26.2 Å². The number of para-hydroxylation sites is 2. The summed E-state index contributed by atoms with van der Waals surface area (Å²) in [6.07, 6.45) is 1.75. The molecule has 3 heterocycles. The average molecular weight is 338 g/mol. The first kappa shape index (κ1) is 15.8. The largest absolute Gasteiger partial charge is 0.423 e. The molecule has 25 heavy (non-hydrogen) atoms. The lowest BCUT2D eigenvalue weighted by Gasteiger charge is -2.33. The highest BCUT2D eigenvalue weighted by Gasteiger charge is 2.23. The summed E-state index contributed by atoms with van der Waals surface area (Å²) < 4.78 is 5.87. The Balaban J connectivity index is 1.47. The zero-order valence-electron chi connectivity index (χ0n) is 14.6. The van der Waals surface area contributed by atoms with E-state index >= 15 is 0 Å². The van der Waals surface area contributed by atoms with Crippen molar-refractivity contribution in [2.45, 2.75) is 26.7 Å². The van der Waals surface area contributed by atoms with Crippen molar-refractivity contribution in [3.05, 3.63) is 35.7 Å². The van der Waals surface area contributed by atoms with Crippen LogP contribution in [0.25, 0.3) is 11.1 Å². The van der Waals surface area contributed by atoms with Gasteiger partial charge < -0.3 is 14.2 Å². The maximum atomic E-state index is 5.87. The van der Waals surface area contributed by atoms with Crippen LogP contribution >= 0.6 is 0 Å². The lowest BCUT2D eigenvalue weighted by atomic mass is 10.2. The van der Waals surface area contributed by atoms with Gasteiger partial charge in [0.25, 0.3) is 6.01 Å². The number of anilines is 2. The van der Waals surface area contributed by atoms with Gasteiger partial charge in [0.05, 0.1) is 11.4 Å². The molecule has 0 spiro atoms. The first-order chi connectivity index (χ1) is 12.3. The predicted octanol–water partition coefficient (Wildman–Crippen LogP) is 2.46. The average Bonchev–Trinajstić information content (AvgIpc) is 3.12. The minimum Gasteiger partial charge on any atom is -0.423 e. The summed E-state index contributed by atoms with van der Waals surface area (Å²) in [6.45, 7) is 7.51. The molecule has 1 fully saturated rings. The number of fused-ring (bicyclic) bond motifs is 1. The second kappa shape index (κ2) is 6.66. The first-order valence-corrected chi connectivity index (χ1v) is 8.86. The molecular weight excluding hydrogens is 316 g/mol. The summed E-state index contributed by atoms with van der Waals surface area (Å²) in [5.41, 5.74) is 3.77. The Morgan fingerprint density at radius 2 is 1.60 bits per heavy atom. The van der Waals surface area contributed by atoms with Gasteiger partial charge in [0.2, 0.25) is 5.95 Å². The van der Waals surface area contributed by atoms with Crippen LogP contribution in [0.15, 0.2) is 28.7 Å². The third kappa shape index (κ3) is 3.01. The molecule has 1 aromatic carbocycles. The Kier molecular flexibility index (Phi) is 4.21. The summed E-state index contributed by atoms with van der Waals surface area (Å²) in [7, 11) is 0. The molecule has 2 aromatic heterocycles. The molecule has 7 nitrogen and oxygen atoms in total. The van der Waals surface area contributed by atoms with Crippen molar-refractivity contribution in [1.29, 1.82) is 0 Å². The highest BCUT2D eigenvalue weighted by molar-refractivity contribution is 5.74. The van der Waals surface area contributed by atoms with Gasteiger partial charge in [-0.1, -0.05) is 26.0 Å². The van der Waals surface area contributed by atoms with E-state index in [1.54, 1.807) is 0 Å². The summed E-state index contributed by atoms with van der Waals surface area (Å²) in [6, 6.07) is 8.55. The molecular formula is C18H22N6O. The molecule has 0 atom stereocenters. The van der Waals surface area contributed by atoms with Gasteiger partial charge in [-0.15, -0.1) is 5.10 Å². The molecule has 1 saturated heterocycles. The summed E-state index contributed by atoms with van der Waals surface area (Å²) in [4.78, 5) is 13.7. The van der Waals surface area contributed by atoms with E-state index in [-0.39, 0.29) is 0 Å². The quantitative estimate of drug-likeness (QED) is 0.723. The minimum absolute atomic E-state index is 0.690. The zero-order chi connectivity index (χ0) is 17.2. The fourth-order valence-electron chi connectivity index (χ4n) is 3.16. The number of benzene rings is 1. The van der Waals surface area contributed by atoms with E-state index < -0.39 is 0 Å². The topological polar surface area (TPSA) is 71.2 Å². The van der Waals surface area contributed by atoms with E-state index in [1.165, 1.54) is 0 Å². The van der Waals surface area contributed by atoms with E-state index in [4.69, 9.17) is 9.40 Å². The van der Waals surface area contributed by atoms with Crippen molar-refractivity contribution >= 4 is 23.1 Å². The summed E-state index contributed by atoms with van der Waals surface area (Å²) >= 11 is 0. The van der Waals surface area contributed by atoms with Gasteiger partial charge in [-0.3, -0.25) is 0 Å². The van der Waals surface area contributed by atoms with Gasteiger partial charge >= 0.3 is 0 Å². The van der Waals surface area contributed by atoms with Crippen LogP contribution in [0, 0.1) is 0 Å². The van der Waals surface area contributed by atoms with Crippen LogP contribution in [-0.2, 0) is 12.8 Å². The molecule has 0 saturated carbocycles. The van der Waals surface area contributed by atoms with Crippen molar-refractivity contribution in [2.75, 3.05) is 36.0 Å². The van der Waals surface area contributed by atoms with E-state index in [0.717, 1.165) is 67.5 Å². The van der Waals surface area contributed by atoms with Gasteiger partial charge in [-0.2, -0.15) is 10.1 Å². The monoisotopic (exact) mass is 338 g/mol. The Hall–Kier alpha value is -2.70. The molecule has 130 valence electrons. The lowest BCUT2D eigenvalue weighted by Crippen LogP contribution is -2.47. The Morgan fingerprint density at radius 1 is 0.880 bits per heavy atom. The second-order valence-electron chi connectivity index (χ2n) is 6.15. The standard InChI is InChI=1S/C18H22N6O/c1-3-13-14(4-2)21-22-17(19-13)23-9-11-24(12-10-23)18-20-15-7-5-6-8-16(15)25-18/h5-8H,3-4,9-12H2,1-2H3. The highest BCUT2D eigenvalue weighted by atomic mass is 16.4. The second-order valence-corrected chi connectivity index (χ2v) is 6.15. The van der Waals surface area contributed by atoms with E-state index in [9.17, 15) is 0 Å². The molecule has 0 N–H and O–H groups in total. The number of aryl methyl sites for hydroxylation is 2. The van der Waals surface area contributed by atoms with Gasteiger partial charge in [-0.25, -0.2) is 4.98 Å². The number of hydrogen-bond donors (Lipinski definition) is 0. The normalized spacial score (nSPS) is 15.1. The first-order valence-electron chi connectivity index (χ1n) is 8.86. The van der Waals surface area contributed by atoms with Gasteiger partial charge in [0.1, 0.15) is 5.52 Å². The number of nitrogens with zero attached hydrogens (tertiary/aromatic N) is 6. The van der Waals surface area contributed by atoms with Crippen molar-refractivity contribution < 1.29 is 4.42 Å². The zero-order valence-corrected chi connectivity index (χ0v) is 14.6. The molecule has 0 unspecified atom stereocenters. The molecule has 0 amide bonds. The Morgan fingerprint density at radius 3 is 2.32 bits per heavy atom. The van der Waals surface area contributed by atoms with Crippen LogP contribution in [0.4, 0.5) is 12.0 Å². The minimum atomic E-state index is 0.690. The molecule has 4 rings (SSSR count). The van der Waals surface area contributed by atoms with Crippen molar-refractivity contribution in [1.82, 2.24) is 20.2 Å². The molecule has 7 heteroatoms. The molecule has 1 aliphatic rings. The third-order valence-electron chi connectivity index (χ3n) is 4.61. The summed E-state index contributed by atoms with van der Waals surface area (Å²) in [5, 5.41) is 8.67. The number of hydrogen-bond acceptors (Lipinski definition) is 7. The van der Waals surface area contributed by atoms with E-state index in [1.807, 2.05) is 24.3 Å². The fourth-order valence-corrected chi connectivity index (χ4v) is 3.16. The number of piperazine rings is 1. The molecule has 0 bridgehead atoms. The highest BCUT2D eigenvalue weighted by Crippen LogP contribution is 2.23. The van der Waals surface area contributed by atoms with Crippen LogP contribution in [0.1, 0.15) is 25.2 Å². The van der Waals surface area contributed by atoms with E-state index in [0.29, 0.717) is 6.01 Å². The Labute approximate surface area is 146 Å². The van der Waals surface area contributed by atoms with Gasteiger partial charge in [0.15, 0.2) is 5.58 Å². The van der Waals surface area contributed by atoms with Crippen LogP contribution in [0.5, 0.6) is 0 Å². The van der Waals surface area contributed by atoms with Crippen LogP contribution in [0.2, 0.25) is 0 Å². The van der Waals surface area contributed by atoms with Crippen molar-refractivity contribution in [3.63, 3.8) is 0 Å². The van der Waals surface area contributed by atoms with Crippen LogP contribution in [0.3, 0.4) is 0 Å². The predicted molar refractivity (Wildman–Crippen MR) is 97.0 cm³/mol. The number of oxazole rings is 1. The lowest BCUT2D eigenvalue weighted by molar-refractivity contribution is 0.537. The van der Waals surface area contributed by atoms with Crippen molar-refractivity contribution in [3.8, 4) is 0 Å². The third-order valence-corrected chi connectivity index (χ3v) is 4.61. The van der Waals surface area contributed by atoms with Crippen LogP contribution < -0.4 is 9.80 Å². The van der Waals surface area contributed by atoms with Crippen LogP contribution in [-0.4, -0.2) is 46.3 Å². The van der Waals surface area contributed by atoms with Gasteiger partial charge in [-0.05, 0) is 25.0 Å². The molecule has 3 aromatic rings. The molecule has 0 radical (unpaired) electrons. The maximum absolute atomic E-state index is 5.87. The SMILES string of the molecule is CCc1nnc(N2CCN(c3nc4ccccc4o3)CC2)nc1CC. The number of rotatable bonds is 4. The summed E-state index contributed by atoms with van der Waals surface area (Å²) in [5.74, 6) is 0.728. The fraction of sp³-hybridized carbons (Fsp3) is 0.444. The smallest absolute Gasteiger partial charge is 0.298 e. The number of aromatic nitrogens is 4. The molecule has 0 aliphatic carbocycles. The van der Waals surface area contributed by atoms with E-state index in [2.05, 4.69) is 38.8 Å².